The summed E-state index contributed by atoms with van der Waals surface area (Å²) >= 11 is 0. The van der Waals surface area contributed by atoms with Crippen molar-refractivity contribution in [3.63, 3.8) is 0 Å². The van der Waals surface area contributed by atoms with Crippen molar-refractivity contribution in [2.24, 2.45) is 4.99 Å². The number of aryl methyl sites for hydroxylation is 2. The molecule has 3 N–H and O–H groups in total. The Labute approximate surface area is 275 Å². The maximum Gasteiger partial charge on any atom is 0.223 e. The summed E-state index contributed by atoms with van der Waals surface area (Å²) in [5.74, 6) is -0.259. The molecule has 2 aromatic carbocycles. The molecule has 0 aliphatic carbocycles. The third-order valence-electron chi connectivity index (χ3n) is 8.39. The molecule has 1 unspecified atom stereocenters. The number of rotatable bonds is 15. The van der Waals surface area contributed by atoms with E-state index in [9.17, 15) is 14.3 Å². The van der Waals surface area contributed by atoms with E-state index in [4.69, 9.17) is 4.99 Å². The molecule has 1 fully saturated rings. The van der Waals surface area contributed by atoms with Crippen LogP contribution in [-0.4, -0.2) is 72.3 Å². The van der Waals surface area contributed by atoms with E-state index < -0.39 is 5.60 Å². The van der Waals surface area contributed by atoms with Gasteiger partial charge in [-0.3, -0.25) is 9.79 Å². The van der Waals surface area contributed by atoms with E-state index in [-0.39, 0.29) is 30.9 Å². The van der Waals surface area contributed by atoms with Gasteiger partial charge in [-0.15, -0.1) is 0 Å². The third kappa shape index (κ3) is 10.3. The highest BCUT2D eigenvalue weighted by Gasteiger charge is 2.32. The number of aliphatic hydroxyl groups is 1. The summed E-state index contributed by atoms with van der Waals surface area (Å²) < 4.78 is 13.8. The van der Waals surface area contributed by atoms with Gasteiger partial charge in [-0.05, 0) is 94.1 Å². The highest BCUT2D eigenvalue weighted by molar-refractivity contribution is 6.12. The van der Waals surface area contributed by atoms with Crippen LogP contribution in [0.5, 0.6) is 0 Å². The van der Waals surface area contributed by atoms with Gasteiger partial charge in [0.1, 0.15) is 11.4 Å². The van der Waals surface area contributed by atoms with Crippen LogP contribution in [0, 0.1) is 19.7 Å². The largest absolute Gasteiger partial charge is 0.382 e. The van der Waals surface area contributed by atoms with E-state index >= 15 is 0 Å². The second kappa shape index (κ2) is 17.1. The molecule has 0 saturated carbocycles. The zero-order valence-electron chi connectivity index (χ0n) is 28.5. The van der Waals surface area contributed by atoms with Crippen LogP contribution in [0.3, 0.4) is 0 Å². The number of allylic oxidation sites excluding steroid dienone is 4. The number of carbonyl (C=O) groups excluding carboxylic acids is 1. The van der Waals surface area contributed by atoms with Crippen LogP contribution < -0.4 is 10.6 Å². The van der Waals surface area contributed by atoms with E-state index in [1.807, 2.05) is 37.9 Å². The number of hydrogen-bond acceptors (Lipinski definition) is 6. The zero-order chi connectivity index (χ0) is 33.9. The number of hydrogen-bond donors (Lipinski definition) is 3. The van der Waals surface area contributed by atoms with Gasteiger partial charge in [0.2, 0.25) is 5.91 Å². The van der Waals surface area contributed by atoms with Gasteiger partial charge >= 0.3 is 0 Å². The van der Waals surface area contributed by atoms with Crippen LogP contribution in [0.25, 0.3) is 5.57 Å². The van der Waals surface area contributed by atoms with Crippen molar-refractivity contribution in [2.75, 3.05) is 39.8 Å². The Morgan fingerprint density at radius 1 is 1.17 bits per heavy atom. The Bertz CT molecular complexity index is 1450. The van der Waals surface area contributed by atoms with Crippen LogP contribution in [-0.2, 0) is 10.4 Å². The molecule has 1 heterocycles. The van der Waals surface area contributed by atoms with E-state index in [1.54, 1.807) is 24.1 Å². The lowest BCUT2D eigenvalue weighted by atomic mass is 9.89. The fourth-order valence-electron chi connectivity index (χ4n) is 5.85. The molecule has 1 amide bonds. The molecular formula is C38H52FN5O2. The predicted molar refractivity (Wildman–Crippen MR) is 189 cm³/mol. The minimum Gasteiger partial charge on any atom is -0.382 e. The number of aliphatic imine (C=N–C) groups is 1. The topological polar surface area (TPSA) is 80.2 Å². The van der Waals surface area contributed by atoms with Crippen molar-refractivity contribution in [2.45, 2.75) is 65.5 Å². The number of amides is 1. The van der Waals surface area contributed by atoms with Crippen molar-refractivity contribution < 1.29 is 14.3 Å². The number of nitrogens with zero attached hydrogens (tertiary/aromatic N) is 3. The molecule has 1 aliphatic rings. The quantitative estimate of drug-likeness (QED) is 0.160. The van der Waals surface area contributed by atoms with Crippen LogP contribution in [0.1, 0.15) is 62.3 Å². The Kier molecular flexibility index (Phi) is 13.5. The summed E-state index contributed by atoms with van der Waals surface area (Å²) in [5.41, 5.74) is 6.03. The van der Waals surface area contributed by atoms with E-state index in [1.165, 1.54) is 17.7 Å². The number of benzene rings is 2. The summed E-state index contributed by atoms with van der Waals surface area (Å²) in [7, 11) is 1.83. The molecule has 0 spiro atoms. The third-order valence-corrected chi connectivity index (χ3v) is 8.39. The smallest absolute Gasteiger partial charge is 0.223 e. The second-order valence-electron chi connectivity index (χ2n) is 12.4. The Hall–Kier alpha value is -4.01. The molecule has 3 rings (SSSR count). The molecule has 8 heteroatoms. The summed E-state index contributed by atoms with van der Waals surface area (Å²) in [6.45, 7) is 19.9. The monoisotopic (exact) mass is 629 g/mol. The molecule has 1 atom stereocenters. The maximum absolute atomic E-state index is 13.8. The highest BCUT2D eigenvalue weighted by atomic mass is 19.1. The Morgan fingerprint density at radius 3 is 2.43 bits per heavy atom. The fourth-order valence-corrected chi connectivity index (χ4v) is 5.85. The fraction of sp³-hybridized carbons (Fsp3) is 0.421. The maximum atomic E-state index is 13.8. The SMILES string of the molecule is C=CN(C)CC(O)(CNCCC(=O)N1CCC(NC(=C(C)c2ccc(C)cc2)C(/C=C\C)=N/C(=C)C)CC1)c1ccc(F)cc1C. The molecular weight excluding hydrogens is 577 g/mol. The first-order valence-corrected chi connectivity index (χ1v) is 16.1. The lowest BCUT2D eigenvalue weighted by molar-refractivity contribution is -0.132. The van der Waals surface area contributed by atoms with Crippen molar-refractivity contribution in [3.8, 4) is 0 Å². The van der Waals surface area contributed by atoms with Gasteiger partial charge in [-0.25, -0.2) is 4.39 Å². The molecule has 46 heavy (non-hydrogen) atoms. The molecule has 0 bridgehead atoms. The van der Waals surface area contributed by atoms with Gasteiger partial charge in [0.15, 0.2) is 0 Å². The van der Waals surface area contributed by atoms with Gasteiger partial charge < -0.3 is 25.5 Å². The number of likely N-dealkylation sites (N-methyl/N-ethyl adjacent to an activating group) is 1. The van der Waals surface area contributed by atoms with Gasteiger partial charge in [0.05, 0.1) is 18.0 Å². The lowest BCUT2D eigenvalue weighted by Gasteiger charge is -2.35. The number of likely N-dealkylation sites (tertiary alicyclic amines) is 1. The number of piperidine rings is 1. The first-order chi connectivity index (χ1) is 21.9. The predicted octanol–water partition coefficient (Wildman–Crippen LogP) is 6.25. The molecule has 0 aromatic heterocycles. The van der Waals surface area contributed by atoms with Crippen molar-refractivity contribution >= 4 is 17.2 Å². The highest BCUT2D eigenvalue weighted by Crippen LogP contribution is 2.26. The van der Waals surface area contributed by atoms with Crippen LogP contribution in [0.2, 0.25) is 0 Å². The normalized spacial score (nSPS) is 16.2. The zero-order valence-corrected chi connectivity index (χ0v) is 28.5. The first kappa shape index (κ1) is 36.5. The van der Waals surface area contributed by atoms with Crippen LogP contribution in [0.4, 0.5) is 4.39 Å². The van der Waals surface area contributed by atoms with Crippen LogP contribution in [0.15, 0.2) is 90.4 Å². The average molecular weight is 630 g/mol. The van der Waals surface area contributed by atoms with Gasteiger partial charge in [-0.2, -0.15) is 0 Å². The van der Waals surface area contributed by atoms with E-state index in [2.05, 4.69) is 61.9 Å². The van der Waals surface area contributed by atoms with Gasteiger partial charge in [0.25, 0.3) is 0 Å². The number of halogens is 1. The van der Waals surface area contributed by atoms with Crippen molar-refractivity contribution in [3.05, 3.63) is 113 Å². The minimum atomic E-state index is -1.28. The Morgan fingerprint density at radius 2 is 1.85 bits per heavy atom. The molecule has 7 nitrogen and oxygen atoms in total. The van der Waals surface area contributed by atoms with Crippen molar-refractivity contribution in [1.82, 2.24) is 20.4 Å². The number of carbonyl (C=O) groups is 1. The minimum absolute atomic E-state index is 0.0840. The Balaban J connectivity index is 1.62. The molecule has 0 radical (unpaired) electrons. The summed E-state index contributed by atoms with van der Waals surface area (Å²) in [4.78, 5) is 21.6. The van der Waals surface area contributed by atoms with Crippen LogP contribution >= 0.6 is 0 Å². The van der Waals surface area contributed by atoms with Crippen molar-refractivity contribution in [1.29, 1.82) is 0 Å². The second-order valence-corrected chi connectivity index (χ2v) is 12.4. The molecule has 1 saturated heterocycles. The molecule has 248 valence electrons. The lowest BCUT2D eigenvalue weighted by Crippen LogP contribution is -2.47. The average Bonchev–Trinajstić information content (AvgIpc) is 3.01. The number of nitrogens with one attached hydrogen (secondary N) is 2. The first-order valence-electron chi connectivity index (χ1n) is 16.1. The van der Waals surface area contributed by atoms with E-state index in [0.717, 1.165) is 41.1 Å². The summed E-state index contributed by atoms with van der Waals surface area (Å²) in [6.07, 6.45) is 7.59. The van der Waals surface area contributed by atoms with E-state index in [0.29, 0.717) is 37.2 Å². The standard InChI is InChI=1S/C38H52FN5O2/c1-9-11-35(41-27(3)4)37(30(7)31-14-12-28(5)13-15-31)42-33-19-22-44(23-20-33)36(45)18-21-40-25-38(46,26-43(8)10-2)34-17-16-32(39)24-29(34)6/h9-17,24,33,40,42,46H,2-3,18-23,25-26H2,1,4-8H3/b11-9-,37-30?,41-35+. The summed E-state index contributed by atoms with van der Waals surface area (Å²) in [5, 5.41) is 18.7. The molecule has 2 aromatic rings. The van der Waals surface area contributed by atoms with Gasteiger partial charge in [0, 0.05) is 51.4 Å². The molecule has 1 aliphatic heterocycles. The summed E-state index contributed by atoms with van der Waals surface area (Å²) in [6, 6.07) is 13.1. The van der Waals surface area contributed by atoms with Gasteiger partial charge in [-0.1, -0.05) is 55.1 Å².